The zero-order chi connectivity index (χ0) is 26.1. The van der Waals surface area contributed by atoms with E-state index < -0.39 is 0 Å². The lowest BCUT2D eigenvalue weighted by Gasteiger charge is -2.36. The fourth-order valence-electron chi connectivity index (χ4n) is 5.51. The highest BCUT2D eigenvalue weighted by Gasteiger charge is 2.44. The van der Waals surface area contributed by atoms with E-state index in [0.29, 0.717) is 0 Å². The molecule has 2 heterocycles. The highest BCUT2D eigenvalue weighted by molar-refractivity contribution is 6.30. The van der Waals surface area contributed by atoms with Crippen molar-refractivity contribution in [3.63, 3.8) is 0 Å². The van der Waals surface area contributed by atoms with Crippen LogP contribution >= 0.6 is 23.2 Å². The van der Waals surface area contributed by atoms with Crippen LogP contribution in [0.4, 0.5) is 5.69 Å². The molecule has 0 bridgehead atoms. The summed E-state index contributed by atoms with van der Waals surface area (Å²) in [5.41, 5.74) is 8.43. The molecule has 190 valence electrons. The van der Waals surface area contributed by atoms with E-state index in [1.165, 1.54) is 22.3 Å². The van der Waals surface area contributed by atoms with Crippen LogP contribution in [0.1, 0.15) is 28.3 Å². The van der Waals surface area contributed by atoms with Crippen molar-refractivity contribution in [2.24, 2.45) is 11.0 Å². The van der Waals surface area contributed by atoms with Gasteiger partial charge in [0.15, 0.2) is 0 Å². The van der Waals surface area contributed by atoms with Crippen LogP contribution in [0.15, 0.2) is 114 Å². The summed E-state index contributed by atoms with van der Waals surface area (Å²) >= 11 is 12.5. The second-order valence-electron chi connectivity index (χ2n) is 10.1. The maximum absolute atomic E-state index is 6.29. The van der Waals surface area contributed by atoms with Crippen LogP contribution < -0.4 is 5.01 Å². The molecule has 0 N–H and O–H groups in total. The fourth-order valence-corrected chi connectivity index (χ4v) is 5.76. The SMILES string of the molecule is Cc1ccc(CN2CC(=Cc3ccc(Cl)cc3)C3=NN(c4ccccc4)C(c4ccc(Cl)cc4)C3C2)cc1. The zero-order valence-electron chi connectivity index (χ0n) is 21.3. The van der Waals surface area contributed by atoms with Gasteiger partial charge in [0.1, 0.15) is 0 Å². The lowest BCUT2D eigenvalue weighted by atomic mass is 9.82. The molecule has 0 amide bonds. The van der Waals surface area contributed by atoms with Gasteiger partial charge in [-0.15, -0.1) is 0 Å². The Morgan fingerprint density at radius 2 is 1.47 bits per heavy atom. The van der Waals surface area contributed by atoms with Crippen LogP contribution in [0, 0.1) is 12.8 Å². The normalized spacial score (nSPS) is 20.4. The summed E-state index contributed by atoms with van der Waals surface area (Å²) in [6.45, 7) is 4.78. The van der Waals surface area contributed by atoms with Crippen LogP contribution in [-0.2, 0) is 6.54 Å². The van der Waals surface area contributed by atoms with Crippen LogP contribution in [0.3, 0.4) is 0 Å². The highest BCUT2D eigenvalue weighted by Crippen LogP contribution is 2.43. The first-order valence-electron chi connectivity index (χ1n) is 13.0. The highest BCUT2D eigenvalue weighted by atomic mass is 35.5. The largest absolute Gasteiger partial charge is 0.294 e. The third-order valence-electron chi connectivity index (χ3n) is 7.36. The molecule has 1 fully saturated rings. The lowest BCUT2D eigenvalue weighted by Crippen LogP contribution is -2.43. The third kappa shape index (κ3) is 5.28. The van der Waals surface area contributed by atoms with E-state index in [1.807, 2.05) is 30.3 Å². The molecule has 3 nitrogen and oxygen atoms in total. The van der Waals surface area contributed by atoms with Crippen molar-refractivity contribution < 1.29 is 0 Å². The maximum Gasteiger partial charge on any atom is 0.0872 e. The number of hydrogen-bond donors (Lipinski definition) is 0. The molecule has 0 aromatic heterocycles. The Morgan fingerprint density at radius 1 is 0.816 bits per heavy atom. The predicted molar refractivity (Wildman–Crippen MR) is 160 cm³/mol. The van der Waals surface area contributed by atoms with Crippen LogP contribution in [0.25, 0.3) is 6.08 Å². The van der Waals surface area contributed by atoms with Crippen molar-refractivity contribution in [1.82, 2.24) is 4.90 Å². The maximum atomic E-state index is 6.29. The number of aryl methyl sites for hydroxylation is 1. The van der Waals surface area contributed by atoms with Gasteiger partial charge >= 0.3 is 0 Å². The Bertz CT molecular complexity index is 1460. The molecule has 2 aliphatic rings. The van der Waals surface area contributed by atoms with Crippen molar-refractivity contribution >= 4 is 40.7 Å². The Hall–Kier alpha value is -3.37. The summed E-state index contributed by atoms with van der Waals surface area (Å²) in [5, 5.41) is 8.99. The van der Waals surface area contributed by atoms with Gasteiger partial charge in [0.2, 0.25) is 0 Å². The number of fused-ring (bicyclic) bond motifs is 1. The van der Waals surface area contributed by atoms with Gasteiger partial charge in [-0.05, 0) is 71.7 Å². The number of hydrazone groups is 1. The van der Waals surface area contributed by atoms with Gasteiger partial charge in [0, 0.05) is 35.6 Å². The topological polar surface area (TPSA) is 18.8 Å². The fraction of sp³-hybridized carbons (Fsp3) is 0.182. The predicted octanol–water partition coefficient (Wildman–Crippen LogP) is 8.43. The molecule has 1 saturated heterocycles. The smallest absolute Gasteiger partial charge is 0.0872 e. The molecule has 0 aliphatic carbocycles. The molecule has 4 aromatic carbocycles. The lowest BCUT2D eigenvalue weighted by molar-refractivity contribution is 0.245. The second-order valence-corrected chi connectivity index (χ2v) is 11.0. The Balaban J connectivity index is 1.43. The molecular weight excluding hydrogens is 509 g/mol. The number of likely N-dealkylation sites (tertiary alicyclic amines) is 1. The Labute approximate surface area is 234 Å². The standard InChI is InChI=1S/C33H29Cl2N3/c1-23-7-9-25(10-8-23)20-37-21-27(19-24-11-15-28(34)16-12-24)32-31(22-37)33(26-13-17-29(35)18-14-26)38(36-32)30-5-3-2-4-6-30/h2-19,31,33H,20-22H2,1H3. The summed E-state index contributed by atoms with van der Waals surface area (Å²) in [6, 6.07) is 35.7. The molecule has 2 aliphatic heterocycles. The number of hydrogen-bond acceptors (Lipinski definition) is 3. The third-order valence-corrected chi connectivity index (χ3v) is 7.86. The van der Waals surface area contributed by atoms with Gasteiger partial charge in [-0.1, -0.05) is 95.5 Å². The number of nitrogens with zero attached hydrogens (tertiary/aromatic N) is 3. The number of piperidine rings is 1. The Kier molecular flexibility index (Phi) is 7.08. The van der Waals surface area contributed by atoms with Crippen molar-refractivity contribution in [2.45, 2.75) is 19.5 Å². The first kappa shape index (κ1) is 24.9. The number of rotatable bonds is 5. The first-order chi connectivity index (χ1) is 18.5. The summed E-state index contributed by atoms with van der Waals surface area (Å²) < 4.78 is 0. The minimum Gasteiger partial charge on any atom is -0.294 e. The molecule has 6 rings (SSSR count). The van der Waals surface area contributed by atoms with E-state index in [1.54, 1.807) is 0 Å². The van der Waals surface area contributed by atoms with E-state index >= 15 is 0 Å². The van der Waals surface area contributed by atoms with Gasteiger partial charge in [-0.25, -0.2) is 0 Å². The second kappa shape index (κ2) is 10.8. The van der Waals surface area contributed by atoms with Crippen LogP contribution in [0.5, 0.6) is 0 Å². The van der Waals surface area contributed by atoms with Crippen LogP contribution in [-0.4, -0.2) is 23.7 Å². The van der Waals surface area contributed by atoms with E-state index in [2.05, 4.69) is 95.7 Å². The number of halogens is 2. The Morgan fingerprint density at radius 3 is 2.16 bits per heavy atom. The van der Waals surface area contributed by atoms with Crippen molar-refractivity contribution in [3.05, 3.63) is 141 Å². The first-order valence-corrected chi connectivity index (χ1v) is 13.7. The van der Waals surface area contributed by atoms with Crippen molar-refractivity contribution in [2.75, 3.05) is 18.1 Å². The van der Waals surface area contributed by atoms with Gasteiger partial charge < -0.3 is 0 Å². The molecule has 0 spiro atoms. The quantitative estimate of drug-likeness (QED) is 0.254. The minimum atomic E-state index is 0.0686. The summed E-state index contributed by atoms with van der Waals surface area (Å²) in [4.78, 5) is 2.55. The van der Waals surface area contributed by atoms with E-state index in [0.717, 1.165) is 46.6 Å². The van der Waals surface area contributed by atoms with Crippen molar-refractivity contribution in [1.29, 1.82) is 0 Å². The summed E-state index contributed by atoms with van der Waals surface area (Å²) in [7, 11) is 0. The number of benzene rings is 4. The molecule has 38 heavy (non-hydrogen) atoms. The molecule has 2 unspecified atom stereocenters. The van der Waals surface area contributed by atoms with Gasteiger partial charge in [-0.2, -0.15) is 5.10 Å². The number of para-hydroxylation sites is 1. The zero-order valence-corrected chi connectivity index (χ0v) is 22.8. The van der Waals surface area contributed by atoms with Crippen LogP contribution in [0.2, 0.25) is 10.0 Å². The van der Waals surface area contributed by atoms with E-state index in [4.69, 9.17) is 28.3 Å². The minimum absolute atomic E-state index is 0.0686. The van der Waals surface area contributed by atoms with E-state index in [9.17, 15) is 0 Å². The van der Waals surface area contributed by atoms with Gasteiger partial charge in [0.05, 0.1) is 17.4 Å². The molecule has 0 saturated carbocycles. The summed E-state index contributed by atoms with van der Waals surface area (Å²) in [6.07, 6.45) is 2.27. The monoisotopic (exact) mass is 537 g/mol. The molecular formula is C33H29Cl2N3. The molecule has 0 radical (unpaired) electrons. The number of anilines is 1. The van der Waals surface area contributed by atoms with E-state index in [-0.39, 0.29) is 12.0 Å². The van der Waals surface area contributed by atoms with Gasteiger partial charge in [-0.3, -0.25) is 9.91 Å². The summed E-state index contributed by atoms with van der Waals surface area (Å²) in [5.74, 6) is 0.203. The molecule has 4 aromatic rings. The van der Waals surface area contributed by atoms with Crippen molar-refractivity contribution in [3.8, 4) is 0 Å². The average molecular weight is 539 g/mol. The molecule has 5 heteroatoms. The van der Waals surface area contributed by atoms with Gasteiger partial charge in [0.25, 0.3) is 0 Å². The average Bonchev–Trinajstić information content (AvgIpc) is 3.32. The molecule has 2 atom stereocenters.